The molecular weight excluding hydrogens is 425 g/mol. The lowest BCUT2D eigenvalue weighted by molar-refractivity contribution is -0.201. The summed E-state index contributed by atoms with van der Waals surface area (Å²) in [4.78, 5) is 12.6. The Morgan fingerprint density at radius 3 is 2.73 bits per heavy atom. The maximum absolute atomic E-state index is 12.6. The molecule has 1 aliphatic heterocycles. The molecule has 0 spiro atoms. The van der Waals surface area contributed by atoms with Crippen LogP contribution < -0.4 is 5.32 Å². The normalized spacial score (nSPS) is 22.5. The molecule has 1 aromatic rings. The van der Waals surface area contributed by atoms with Crippen LogP contribution in [0.5, 0.6) is 0 Å². The highest BCUT2D eigenvalue weighted by Gasteiger charge is 2.51. The highest BCUT2D eigenvalue weighted by Crippen LogP contribution is 2.50. The van der Waals surface area contributed by atoms with E-state index in [-0.39, 0.29) is 24.3 Å². The predicted octanol–water partition coefficient (Wildman–Crippen LogP) is 4.02. The fourth-order valence-electron chi connectivity index (χ4n) is 3.18. The molecule has 1 N–H and O–H groups in total. The van der Waals surface area contributed by atoms with Crippen molar-refractivity contribution in [2.45, 2.75) is 81.6 Å². The van der Waals surface area contributed by atoms with Crippen LogP contribution in [0.4, 0.5) is 19.1 Å². The molecule has 2 aliphatic rings. The highest BCUT2D eigenvalue weighted by atomic mass is 32.2. The maximum Gasteiger partial charge on any atom is 0.389 e. The number of carbonyl (C=O) groups is 1. The van der Waals surface area contributed by atoms with E-state index in [9.17, 15) is 22.5 Å². The van der Waals surface area contributed by atoms with Crippen molar-refractivity contribution >= 4 is 23.0 Å². The van der Waals surface area contributed by atoms with Crippen LogP contribution in [-0.2, 0) is 31.0 Å². The predicted molar refractivity (Wildman–Crippen MR) is 103 cm³/mol. The lowest BCUT2D eigenvalue weighted by Gasteiger charge is -2.27. The molecule has 0 bridgehead atoms. The highest BCUT2D eigenvalue weighted by molar-refractivity contribution is 7.93. The molecule has 1 saturated heterocycles. The molecule has 30 heavy (non-hydrogen) atoms. The third kappa shape index (κ3) is 5.89. The summed E-state index contributed by atoms with van der Waals surface area (Å²) in [5.74, 6) is -0.758. The second kappa shape index (κ2) is 9.05. The van der Waals surface area contributed by atoms with Gasteiger partial charge in [-0.25, -0.2) is 0 Å². The summed E-state index contributed by atoms with van der Waals surface area (Å²) in [6, 6.07) is 1.57. The first kappa shape index (κ1) is 23.4. The van der Waals surface area contributed by atoms with Crippen molar-refractivity contribution in [3.63, 3.8) is 0 Å². The van der Waals surface area contributed by atoms with Crippen molar-refractivity contribution in [3.8, 4) is 0 Å². The number of rotatable bonds is 9. The van der Waals surface area contributed by atoms with Gasteiger partial charge < -0.3 is 18.5 Å². The van der Waals surface area contributed by atoms with Crippen LogP contribution in [0, 0.1) is 0 Å². The van der Waals surface area contributed by atoms with Crippen molar-refractivity contribution in [3.05, 3.63) is 11.8 Å². The van der Waals surface area contributed by atoms with E-state index in [1.165, 1.54) is 13.8 Å². The minimum Gasteiger partial charge on any atom is -0.616 e. The van der Waals surface area contributed by atoms with Crippen molar-refractivity contribution in [1.29, 1.82) is 0 Å². The summed E-state index contributed by atoms with van der Waals surface area (Å²) >= 11 is -1.79. The number of hydrogen-bond donors (Lipinski definition) is 1. The Labute approximate surface area is 176 Å². The largest absolute Gasteiger partial charge is 0.616 e. The van der Waals surface area contributed by atoms with Gasteiger partial charge in [-0.15, -0.1) is 0 Å². The van der Waals surface area contributed by atoms with E-state index in [0.717, 1.165) is 32.1 Å². The molecular formula is C19H27F3N2O5S. The number of nitrogens with one attached hydrogen (secondary N) is 1. The molecule has 2 heterocycles. The van der Waals surface area contributed by atoms with Crippen LogP contribution in [0.3, 0.4) is 0 Å². The number of aromatic nitrogens is 1. The summed E-state index contributed by atoms with van der Waals surface area (Å²) in [5.41, 5.74) is -0.0270. The smallest absolute Gasteiger partial charge is 0.389 e. The Morgan fingerprint density at radius 2 is 2.13 bits per heavy atom. The van der Waals surface area contributed by atoms with Crippen LogP contribution in [0.15, 0.2) is 10.6 Å². The van der Waals surface area contributed by atoms with Gasteiger partial charge in [-0.2, -0.15) is 13.2 Å². The zero-order valence-electron chi connectivity index (χ0n) is 17.0. The molecule has 1 amide bonds. The topological polar surface area (TPSA) is 96.7 Å². The standard InChI is InChI=1S/C19H27F3N2O5S/c1-17(2,30(26)11-5-7-19(20,21)22)16(25)23-14-12-13(24-29-14)18(8-9-18)28-15-6-3-4-10-27-15/h12,15H,3-11H2,1-2H3,(H,23,25)/t15?,30-/m1/s1. The van der Waals surface area contributed by atoms with Gasteiger partial charge in [0.2, 0.25) is 5.88 Å². The van der Waals surface area contributed by atoms with Gasteiger partial charge >= 0.3 is 6.18 Å². The van der Waals surface area contributed by atoms with Gasteiger partial charge in [-0.1, -0.05) is 5.16 Å². The maximum atomic E-state index is 12.6. The Bertz CT molecular complexity index is 730. The summed E-state index contributed by atoms with van der Waals surface area (Å²) in [6.45, 7) is 3.51. The molecule has 0 aromatic carbocycles. The first-order valence-electron chi connectivity index (χ1n) is 10.1. The third-order valence-electron chi connectivity index (χ3n) is 5.32. The molecule has 3 rings (SSSR count). The second-order valence-electron chi connectivity index (χ2n) is 8.22. The summed E-state index contributed by atoms with van der Waals surface area (Å²) in [5, 5.41) is 6.52. The van der Waals surface area contributed by atoms with Gasteiger partial charge in [0.1, 0.15) is 17.0 Å². The van der Waals surface area contributed by atoms with E-state index >= 15 is 0 Å². The zero-order valence-corrected chi connectivity index (χ0v) is 17.9. The second-order valence-corrected chi connectivity index (χ2v) is 10.3. The van der Waals surface area contributed by atoms with E-state index in [2.05, 4.69) is 10.5 Å². The molecule has 1 aliphatic carbocycles. The van der Waals surface area contributed by atoms with Gasteiger partial charge in [0.05, 0.1) is 0 Å². The lowest BCUT2D eigenvalue weighted by atomic mass is 10.2. The average Bonchev–Trinajstić information content (AvgIpc) is 3.29. The quantitative estimate of drug-likeness (QED) is 0.569. The average molecular weight is 452 g/mol. The van der Waals surface area contributed by atoms with Gasteiger partial charge in [0, 0.05) is 25.5 Å². The molecule has 0 radical (unpaired) electrons. The van der Waals surface area contributed by atoms with Crippen LogP contribution >= 0.6 is 0 Å². The number of halogens is 3. The summed E-state index contributed by atoms with van der Waals surface area (Å²) < 4.78 is 64.7. The molecule has 170 valence electrons. The van der Waals surface area contributed by atoms with E-state index in [4.69, 9.17) is 14.0 Å². The molecule has 7 nitrogen and oxygen atoms in total. The number of hydrogen-bond acceptors (Lipinski definition) is 6. The number of ether oxygens (including phenoxy) is 2. The van der Waals surface area contributed by atoms with E-state index in [0.29, 0.717) is 12.3 Å². The number of amides is 1. The van der Waals surface area contributed by atoms with Crippen LogP contribution in [-0.4, -0.2) is 45.2 Å². The zero-order chi connectivity index (χ0) is 22.0. The minimum absolute atomic E-state index is 0.0785. The van der Waals surface area contributed by atoms with Gasteiger partial charge in [-0.05, 0) is 57.1 Å². The number of anilines is 1. The van der Waals surface area contributed by atoms with E-state index < -0.39 is 40.0 Å². The summed E-state index contributed by atoms with van der Waals surface area (Å²) in [6.07, 6.45) is -1.53. The Balaban J connectivity index is 1.54. The first-order chi connectivity index (χ1) is 14.0. The SMILES string of the molecule is CC(C)(C(=O)Nc1cc(C2(OC3CCCCO3)CC2)no1)[S@+]([O-])CCCC(F)(F)F. The number of carbonyl (C=O) groups excluding carboxylic acids is 1. The molecule has 1 aromatic heterocycles. The van der Waals surface area contributed by atoms with Crippen molar-refractivity contribution in [1.82, 2.24) is 5.16 Å². The Hall–Kier alpha value is -1.30. The fourth-order valence-corrected chi connectivity index (χ4v) is 4.35. The van der Waals surface area contributed by atoms with Gasteiger partial charge in [0.15, 0.2) is 11.0 Å². The lowest BCUT2D eigenvalue weighted by Crippen LogP contribution is -2.45. The first-order valence-corrected chi connectivity index (χ1v) is 11.4. The van der Waals surface area contributed by atoms with Gasteiger partial charge in [-0.3, -0.25) is 10.1 Å². The summed E-state index contributed by atoms with van der Waals surface area (Å²) in [7, 11) is 0. The molecule has 1 saturated carbocycles. The van der Waals surface area contributed by atoms with E-state index in [1.54, 1.807) is 6.07 Å². The monoisotopic (exact) mass is 452 g/mol. The van der Waals surface area contributed by atoms with Crippen LogP contribution in [0.25, 0.3) is 0 Å². The third-order valence-corrected chi connectivity index (χ3v) is 7.30. The molecule has 2 fully saturated rings. The Kier molecular flexibility index (Phi) is 7.05. The molecule has 11 heteroatoms. The van der Waals surface area contributed by atoms with Crippen LogP contribution in [0.1, 0.15) is 64.5 Å². The van der Waals surface area contributed by atoms with Gasteiger partial charge in [0.25, 0.3) is 5.91 Å². The fraction of sp³-hybridized carbons (Fsp3) is 0.789. The molecule has 1 unspecified atom stereocenters. The van der Waals surface area contributed by atoms with Crippen LogP contribution in [0.2, 0.25) is 0 Å². The number of nitrogens with zero attached hydrogens (tertiary/aromatic N) is 1. The minimum atomic E-state index is -4.31. The Morgan fingerprint density at radius 1 is 1.40 bits per heavy atom. The van der Waals surface area contributed by atoms with Crippen molar-refractivity contribution < 1.29 is 36.5 Å². The number of alkyl halides is 3. The van der Waals surface area contributed by atoms with E-state index in [1.807, 2.05) is 0 Å². The van der Waals surface area contributed by atoms with Crippen molar-refractivity contribution in [2.75, 3.05) is 17.7 Å². The molecule has 2 atom stereocenters. The van der Waals surface area contributed by atoms with Crippen molar-refractivity contribution in [2.24, 2.45) is 0 Å².